The van der Waals surface area contributed by atoms with Crippen molar-refractivity contribution >= 4 is 22.6 Å². The molecular weight excluding hydrogens is 444 g/mol. The number of hydrogen-bond acceptors (Lipinski definition) is 5. The minimum atomic E-state index is -0.521. The van der Waals surface area contributed by atoms with Crippen LogP contribution in [-0.2, 0) is 17.8 Å². The molecule has 0 bridgehead atoms. The molecule has 2 aliphatic rings. The number of rotatable bonds is 2. The van der Waals surface area contributed by atoms with Crippen LogP contribution in [0.1, 0.15) is 51.6 Å². The smallest absolute Gasteiger partial charge is 0.294 e. The predicted octanol–water partition coefficient (Wildman–Crippen LogP) is 3.21. The number of nitrogens with zero attached hydrogens (tertiary/aromatic N) is 4. The zero-order valence-corrected chi connectivity index (χ0v) is 18.4. The van der Waals surface area contributed by atoms with Crippen LogP contribution in [0.4, 0.5) is 8.78 Å². The van der Waals surface area contributed by atoms with Crippen LogP contribution in [0.15, 0.2) is 29.1 Å². The van der Waals surface area contributed by atoms with E-state index in [2.05, 4.69) is 15.2 Å². The molecule has 2 aromatic heterocycles. The van der Waals surface area contributed by atoms with E-state index in [1.54, 1.807) is 23.5 Å². The lowest BCUT2D eigenvalue weighted by Crippen LogP contribution is -2.26. The Labute approximate surface area is 192 Å². The second-order valence-corrected chi connectivity index (χ2v) is 8.89. The molecule has 0 saturated carbocycles. The van der Waals surface area contributed by atoms with E-state index in [0.717, 1.165) is 25.0 Å². The monoisotopic (exact) mass is 465 g/mol. The summed E-state index contributed by atoms with van der Waals surface area (Å²) in [6, 6.07) is 5.61. The lowest BCUT2D eigenvalue weighted by molar-refractivity contribution is 0.0749. The molecule has 1 saturated heterocycles. The first-order valence-corrected chi connectivity index (χ1v) is 11.2. The minimum Gasteiger partial charge on any atom is -0.381 e. The molecule has 1 fully saturated rings. The van der Waals surface area contributed by atoms with Gasteiger partial charge in [-0.3, -0.25) is 14.0 Å². The number of fused-ring (bicyclic) bond motifs is 4. The number of ether oxygens (including phenoxy) is 1. The van der Waals surface area contributed by atoms with Gasteiger partial charge in [-0.1, -0.05) is 0 Å². The molecular formula is C24H21F2N5O3. The number of benzene rings is 2. The SMILES string of the molecule is Cc1cc2[nH]c(=O)c3nnc(C4CCOCC4)n3c2cc1C(=O)N1Cc2c(F)ccc(F)c2C1. The fourth-order valence-corrected chi connectivity index (χ4v) is 5.02. The Hall–Kier alpha value is -3.66. The molecule has 0 aliphatic carbocycles. The Morgan fingerprint density at radius 2 is 1.76 bits per heavy atom. The van der Waals surface area contributed by atoms with E-state index in [1.807, 2.05) is 0 Å². The Bertz CT molecular complexity index is 1510. The van der Waals surface area contributed by atoms with Crippen molar-refractivity contribution in [3.05, 3.63) is 74.3 Å². The number of nitrogens with one attached hydrogen (secondary N) is 1. The van der Waals surface area contributed by atoms with Crippen LogP contribution in [-0.4, -0.2) is 43.6 Å². The van der Waals surface area contributed by atoms with Gasteiger partial charge in [0.25, 0.3) is 11.5 Å². The van der Waals surface area contributed by atoms with Gasteiger partial charge in [-0.15, -0.1) is 10.2 Å². The average molecular weight is 465 g/mol. The molecule has 0 spiro atoms. The molecule has 174 valence electrons. The fraction of sp³-hybridized carbons (Fsp3) is 0.333. The lowest BCUT2D eigenvalue weighted by atomic mass is 9.99. The van der Waals surface area contributed by atoms with Crippen molar-refractivity contribution < 1.29 is 18.3 Å². The van der Waals surface area contributed by atoms with Gasteiger partial charge in [0.15, 0.2) is 0 Å². The van der Waals surface area contributed by atoms with Crippen LogP contribution in [0.5, 0.6) is 0 Å². The van der Waals surface area contributed by atoms with Crippen LogP contribution in [0.25, 0.3) is 16.7 Å². The number of aryl methyl sites for hydroxylation is 1. The second-order valence-electron chi connectivity index (χ2n) is 8.89. The highest BCUT2D eigenvalue weighted by Crippen LogP contribution is 2.31. The fourth-order valence-electron chi connectivity index (χ4n) is 5.02. The molecule has 1 N–H and O–H groups in total. The number of aromatic nitrogens is 4. The molecule has 2 aliphatic heterocycles. The van der Waals surface area contributed by atoms with E-state index >= 15 is 0 Å². The molecule has 0 unspecified atom stereocenters. The molecule has 6 rings (SSSR count). The first-order chi connectivity index (χ1) is 16.4. The summed E-state index contributed by atoms with van der Waals surface area (Å²) in [6.45, 7) is 2.97. The van der Waals surface area contributed by atoms with Gasteiger partial charge in [-0.05, 0) is 49.6 Å². The third-order valence-electron chi connectivity index (χ3n) is 6.84. The topological polar surface area (TPSA) is 92.6 Å². The summed E-state index contributed by atoms with van der Waals surface area (Å²) >= 11 is 0. The van der Waals surface area contributed by atoms with Gasteiger partial charge in [0.2, 0.25) is 5.65 Å². The minimum absolute atomic E-state index is 0.00374. The summed E-state index contributed by atoms with van der Waals surface area (Å²) in [6.07, 6.45) is 1.52. The summed E-state index contributed by atoms with van der Waals surface area (Å²) in [5.74, 6) is -0.643. The van der Waals surface area contributed by atoms with E-state index < -0.39 is 11.6 Å². The van der Waals surface area contributed by atoms with Crippen LogP contribution in [0.2, 0.25) is 0 Å². The van der Waals surface area contributed by atoms with E-state index in [-0.39, 0.29) is 47.2 Å². The molecule has 4 heterocycles. The van der Waals surface area contributed by atoms with Crippen molar-refractivity contribution in [1.29, 1.82) is 0 Å². The Kier molecular flexibility index (Phi) is 4.73. The summed E-state index contributed by atoms with van der Waals surface area (Å²) in [5.41, 5.74) is 2.40. The number of carbonyl (C=O) groups excluding carboxylic acids is 1. The van der Waals surface area contributed by atoms with Crippen LogP contribution in [0, 0.1) is 18.6 Å². The summed E-state index contributed by atoms with van der Waals surface area (Å²) in [4.78, 5) is 30.4. The molecule has 10 heteroatoms. The molecule has 2 aromatic carbocycles. The van der Waals surface area contributed by atoms with Gasteiger partial charge in [0, 0.05) is 48.9 Å². The number of carbonyl (C=O) groups is 1. The lowest BCUT2D eigenvalue weighted by Gasteiger charge is -2.21. The largest absolute Gasteiger partial charge is 0.381 e. The number of hydrogen-bond donors (Lipinski definition) is 1. The van der Waals surface area contributed by atoms with E-state index in [4.69, 9.17) is 4.74 Å². The normalized spacial score (nSPS) is 16.5. The molecule has 1 amide bonds. The number of halogens is 2. The van der Waals surface area contributed by atoms with Crippen molar-refractivity contribution in [3.8, 4) is 0 Å². The maximum Gasteiger partial charge on any atom is 0.294 e. The van der Waals surface area contributed by atoms with Crippen molar-refractivity contribution in [1.82, 2.24) is 24.5 Å². The Balaban J connectivity index is 1.47. The third kappa shape index (κ3) is 3.12. The second kappa shape index (κ2) is 7.69. The van der Waals surface area contributed by atoms with Gasteiger partial charge >= 0.3 is 0 Å². The van der Waals surface area contributed by atoms with Crippen molar-refractivity contribution in [2.75, 3.05) is 13.2 Å². The van der Waals surface area contributed by atoms with E-state index in [1.165, 1.54) is 4.90 Å². The first kappa shape index (κ1) is 20.9. The number of amides is 1. The van der Waals surface area contributed by atoms with Crippen molar-refractivity contribution in [2.24, 2.45) is 0 Å². The summed E-state index contributed by atoms with van der Waals surface area (Å²) < 4.78 is 35.6. The summed E-state index contributed by atoms with van der Waals surface area (Å²) in [5, 5.41) is 8.42. The van der Waals surface area contributed by atoms with Gasteiger partial charge in [0.1, 0.15) is 17.5 Å². The standard InChI is InChI=1S/C24H21F2N5O3/c1-12-8-19-20(31-21(13-4-6-34-7-5-13)28-29-22(31)23(32)27-19)9-14(12)24(33)30-10-15-16(11-30)18(26)3-2-17(15)25/h2-3,8-9,13H,4-7,10-11H2,1H3,(H,27,32). The number of aromatic amines is 1. The highest BCUT2D eigenvalue weighted by Gasteiger charge is 2.30. The summed E-state index contributed by atoms with van der Waals surface area (Å²) in [7, 11) is 0. The maximum absolute atomic E-state index is 14.2. The van der Waals surface area contributed by atoms with Gasteiger partial charge in [-0.25, -0.2) is 8.78 Å². The van der Waals surface area contributed by atoms with Crippen LogP contribution < -0.4 is 5.56 Å². The first-order valence-electron chi connectivity index (χ1n) is 11.2. The predicted molar refractivity (Wildman–Crippen MR) is 119 cm³/mol. The number of H-pyrrole nitrogens is 1. The molecule has 8 nitrogen and oxygen atoms in total. The van der Waals surface area contributed by atoms with Crippen molar-refractivity contribution in [2.45, 2.75) is 38.8 Å². The zero-order valence-electron chi connectivity index (χ0n) is 18.4. The van der Waals surface area contributed by atoms with Gasteiger partial charge in [0.05, 0.1) is 11.0 Å². The molecule has 34 heavy (non-hydrogen) atoms. The third-order valence-corrected chi connectivity index (χ3v) is 6.84. The quantitative estimate of drug-likeness (QED) is 0.491. The molecule has 0 radical (unpaired) electrons. The zero-order chi connectivity index (χ0) is 23.6. The van der Waals surface area contributed by atoms with E-state index in [0.29, 0.717) is 41.2 Å². The van der Waals surface area contributed by atoms with Crippen LogP contribution >= 0.6 is 0 Å². The average Bonchev–Trinajstić information content (AvgIpc) is 3.48. The highest BCUT2D eigenvalue weighted by atomic mass is 19.1. The Morgan fingerprint density at radius 1 is 1.09 bits per heavy atom. The molecule has 4 aromatic rings. The highest BCUT2D eigenvalue weighted by molar-refractivity contribution is 5.99. The van der Waals surface area contributed by atoms with Crippen LogP contribution in [0.3, 0.4) is 0 Å². The van der Waals surface area contributed by atoms with Gasteiger partial charge in [-0.2, -0.15) is 0 Å². The van der Waals surface area contributed by atoms with E-state index in [9.17, 15) is 18.4 Å². The maximum atomic E-state index is 14.2. The van der Waals surface area contributed by atoms with Crippen molar-refractivity contribution in [3.63, 3.8) is 0 Å². The molecule has 0 atom stereocenters. The Morgan fingerprint density at radius 3 is 2.44 bits per heavy atom. The van der Waals surface area contributed by atoms with Gasteiger partial charge < -0.3 is 14.6 Å².